The Kier molecular flexibility index (Phi) is 11.5. The molecule has 3 nitrogen and oxygen atoms in total. The van der Waals surface area contributed by atoms with E-state index in [1.807, 2.05) is 11.8 Å². The molecule has 1 atom stereocenters. The van der Waals surface area contributed by atoms with Gasteiger partial charge in [0, 0.05) is 38.4 Å². The minimum atomic E-state index is 0.660. The van der Waals surface area contributed by atoms with Crippen LogP contribution in [0.3, 0.4) is 0 Å². The van der Waals surface area contributed by atoms with Crippen molar-refractivity contribution in [3.63, 3.8) is 0 Å². The quantitative estimate of drug-likeness (QED) is 0.565. The van der Waals surface area contributed by atoms with Gasteiger partial charge in [0.1, 0.15) is 0 Å². The van der Waals surface area contributed by atoms with Gasteiger partial charge in [-0.05, 0) is 13.0 Å². The summed E-state index contributed by atoms with van der Waals surface area (Å²) in [4.78, 5) is 0. The first-order valence-electron chi connectivity index (χ1n) is 5.11. The molecule has 0 rings (SSSR count). The van der Waals surface area contributed by atoms with Crippen molar-refractivity contribution < 1.29 is 9.47 Å². The van der Waals surface area contributed by atoms with Crippen LogP contribution in [0, 0.1) is 0 Å². The van der Waals surface area contributed by atoms with Crippen molar-refractivity contribution in [3.05, 3.63) is 0 Å². The molecule has 0 aromatic heterocycles. The number of thioether (sulfide) groups is 1. The van der Waals surface area contributed by atoms with Gasteiger partial charge in [0.2, 0.25) is 0 Å². The van der Waals surface area contributed by atoms with Gasteiger partial charge in [-0.1, -0.05) is 6.92 Å². The molecule has 0 saturated heterocycles. The zero-order chi connectivity index (χ0) is 10.6. The minimum Gasteiger partial charge on any atom is -0.385 e. The lowest BCUT2D eigenvalue weighted by Crippen LogP contribution is -2.24. The van der Waals surface area contributed by atoms with E-state index in [-0.39, 0.29) is 0 Å². The molecule has 0 spiro atoms. The van der Waals surface area contributed by atoms with Crippen molar-refractivity contribution in [1.82, 2.24) is 5.32 Å². The van der Waals surface area contributed by atoms with E-state index in [4.69, 9.17) is 9.47 Å². The molecule has 0 amide bonds. The highest BCUT2D eigenvalue weighted by atomic mass is 32.2. The molecule has 4 heteroatoms. The summed E-state index contributed by atoms with van der Waals surface area (Å²) in [6.07, 6.45) is 1.09. The van der Waals surface area contributed by atoms with Crippen LogP contribution in [0.15, 0.2) is 0 Å². The van der Waals surface area contributed by atoms with Crippen LogP contribution >= 0.6 is 11.8 Å². The second-order valence-electron chi connectivity index (χ2n) is 3.22. The third-order valence-electron chi connectivity index (χ3n) is 1.82. The van der Waals surface area contributed by atoms with Gasteiger partial charge in [-0.15, -0.1) is 0 Å². The summed E-state index contributed by atoms with van der Waals surface area (Å²) in [6.45, 7) is 6.04. The van der Waals surface area contributed by atoms with E-state index in [9.17, 15) is 0 Å². The summed E-state index contributed by atoms with van der Waals surface area (Å²) < 4.78 is 9.96. The Hall–Kier alpha value is 0.230. The molecular formula is C10H23NO2S. The van der Waals surface area contributed by atoms with Crippen LogP contribution < -0.4 is 5.32 Å². The second kappa shape index (κ2) is 11.3. The summed E-state index contributed by atoms with van der Waals surface area (Å²) >= 11 is 1.95. The molecule has 0 saturated carbocycles. The lowest BCUT2D eigenvalue weighted by atomic mass is 10.4. The van der Waals surface area contributed by atoms with Crippen molar-refractivity contribution in [2.75, 3.05) is 46.3 Å². The van der Waals surface area contributed by atoms with Crippen molar-refractivity contribution in [2.45, 2.75) is 18.6 Å². The lowest BCUT2D eigenvalue weighted by Gasteiger charge is -2.11. The predicted molar refractivity (Wildman–Crippen MR) is 63.2 cm³/mol. The van der Waals surface area contributed by atoms with Crippen LogP contribution in [0.5, 0.6) is 0 Å². The van der Waals surface area contributed by atoms with E-state index in [0.29, 0.717) is 5.25 Å². The molecule has 86 valence electrons. The highest BCUT2D eigenvalue weighted by Gasteiger charge is 2.00. The van der Waals surface area contributed by atoms with Crippen LogP contribution in [0.25, 0.3) is 0 Å². The summed E-state index contributed by atoms with van der Waals surface area (Å²) in [7, 11) is 3.48. The zero-order valence-electron chi connectivity index (χ0n) is 9.54. The zero-order valence-corrected chi connectivity index (χ0v) is 10.4. The second-order valence-corrected chi connectivity index (χ2v) is 4.77. The Morgan fingerprint density at radius 3 is 2.57 bits per heavy atom. The Morgan fingerprint density at radius 2 is 1.93 bits per heavy atom. The van der Waals surface area contributed by atoms with Crippen molar-refractivity contribution >= 4 is 11.8 Å². The molecule has 1 unspecified atom stereocenters. The van der Waals surface area contributed by atoms with E-state index in [2.05, 4.69) is 12.2 Å². The maximum absolute atomic E-state index is 4.99. The molecule has 0 aliphatic rings. The Bertz CT molecular complexity index is 114. The number of hydrogen-bond donors (Lipinski definition) is 1. The average molecular weight is 221 g/mol. The van der Waals surface area contributed by atoms with Crippen LogP contribution in [0.4, 0.5) is 0 Å². The fourth-order valence-electron chi connectivity index (χ4n) is 1.04. The molecule has 0 bridgehead atoms. The van der Waals surface area contributed by atoms with Crippen molar-refractivity contribution in [1.29, 1.82) is 0 Å². The van der Waals surface area contributed by atoms with Gasteiger partial charge in [0.05, 0.1) is 6.61 Å². The highest BCUT2D eigenvalue weighted by molar-refractivity contribution is 7.99. The standard InChI is InChI=1S/C10H23NO2S/c1-10(14-8-7-13-3)9-11-5-4-6-12-2/h10-11H,4-9H2,1-3H3. The molecule has 14 heavy (non-hydrogen) atoms. The first-order valence-corrected chi connectivity index (χ1v) is 6.16. The molecule has 0 heterocycles. The highest BCUT2D eigenvalue weighted by Crippen LogP contribution is 2.08. The summed E-state index contributed by atoms with van der Waals surface area (Å²) in [6, 6.07) is 0. The van der Waals surface area contributed by atoms with Gasteiger partial charge in [-0.3, -0.25) is 0 Å². The fourth-order valence-corrected chi connectivity index (χ4v) is 1.94. The van der Waals surface area contributed by atoms with Crippen LogP contribution in [-0.4, -0.2) is 51.5 Å². The van der Waals surface area contributed by atoms with Crippen LogP contribution in [-0.2, 0) is 9.47 Å². The van der Waals surface area contributed by atoms with E-state index in [1.165, 1.54) is 0 Å². The molecule has 0 aliphatic heterocycles. The maximum atomic E-state index is 4.99. The van der Waals surface area contributed by atoms with Gasteiger partial charge >= 0.3 is 0 Å². The first-order chi connectivity index (χ1) is 6.81. The minimum absolute atomic E-state index is 0.660. The third-order valence-corrected chi connectivity index (χ3v) is 2.96. The van der Waals surface area contributed by atoms with Crippen molar-refractivity contribution in [3.8, 4) is 0 Å². The Morgan fingerprint density at radius 1 is 1.21 bits per heavy atom. The molecule has 1 N–H and O–H groups in total. The van der Waals surface area contributed by atoms with Gasteiger partial charge < -0.3 is 14.8 Å². The molecule has 0 aromatic carbocycles. The topological polar surface area (TPSA) is 30.5 Å². The van der Waals surface area contributed by atoms with Gasteiger partial charge in [0.25, 0.3) is 0 Å². The molecule has 0 aliphatic carbocycles. The van der Waals surface area contributed by atoms with Gasteiger partial charge in [-0.25, -0.2) is 0 Å². The van der Waals surface area contributed by atoms with Gasteiger partial charge in [-0.2, -0.15) is 11.8 Å². The lowest BCUT2D eigenvalue weighted by molar-refractivity contribution is 0.194. The molecule has 0 fully saturated rings. The summed E-state index contributed by atoms with van der Waals surface area (Å²) in [5.74, 6) is 1.08. The van der Waals surface area contributed by atoms with E-state index in [1.54, 1.807) is 14.2 Å². The van der Waals surface area contributed by atoms with E-state index < -0.39 is 0 Å². The molecular weight excluding hydrogens is 198 g/mol. The van der Waals surface area contributed by atoms with E-state index >= 15 is 0 Å². The fraction of sp³-hybridized carbons (Fsp3) is 1.00. The summed E-state index contributed by atoms with van der Waals surface area (Å²) in [5, 5.41) is 4.07. The van der Waals surface area contributed by atoms with Crippen molar-refractivity contribution in [2.24, 2.45) is 0 Å². The number of ether oxygens (including phenoxy) is 2. The molecule has 0 radical (unpaired) electrons. The van der Waals surface area contributed by atoms with E-state index in [0.717, 1.165) is 38.5 Å². The third kappa shape index (κ3) is 10.3. The number of hydrogen-bond acceptors (Lipinski definition) is 4. The van der Waals surface area contributed by atoms with Crippen LogP contribution in [0.2, 0.25) is 0 Å². The summed E-state index contributed by atoms with van der Waals surface area (Å²) in [5.41, 5.74) is 0. The number of rotatable bonds is 10. The van der Waals surface area contributed by atoms with Crippen LogP contribution in [0.1, 0.15) is 13.3 Å². The molecule has 0 aromatic rings. The Labute approximate surface area is 91.9 Å². The maximum Gasteiger partial charge on any atom is 0.0553 e. The monoisotopic (exact) mass is 221 g/mol. The Balaban J connectivity index is 3.06. The average Bonchev–Trinajstić information content (AvgIpc) is 2.18. The largest absolute Gasteiger partial charge is 0.385 e. The smallest absolute Gasteiger partial charge is 0.0553 e. The normalized spacial score (nSPS) is 13.1. The SMILES string of the molecule is COCCCNCC(C)SCCOC. The number of nitrogens with one attached hydrogen (secondary N) is 1. The van der Waals surface area contributed by atoms with Gasteiger partial charge in [0.15, 0.2) is 0 Å². The number of methoxy groups -OCH3 is 2. The first kappa shape index (κ1) is 14.2. The predicted octanol–water partition coefficient (Wildman–Crippen LogP) is 1.38.